The quantitative estimate of drug-likeness (QED) is 0.217. The highest BCUT2D eigenvalue weighted by Crippen LogP contribution is 2.68. The smallest absolute Gasteiger partial charge is 0.311 e. The number of alkyl halides is 1. The van der Waals surface area contributed by atoms with E-state index in [1.54, 1.807) is 29.7 Å². The molecular weight excluding hydrogens is 582 g/mol. The number of anilines is 2. The first-order valence-corrected chi connectivity index (χ1v) is 15.3. The predicted molar refractivity (Wildman–Crippen MR) is 159 cm³/mol. The van der Waals surface area contributed by atoms with Gasteiger partial charge in [-0.05, 0) is 51.5 Å². The van der Waals surface area contributed by atoms with Gasteiger partial charge in [0.25, 0.3) is 5.91 Å². The molecule has 3 aliphatic rings. The van der Waals surface area contributed by atoms with E-state index in [1.165, 1.54) is 11.0 Å². The summed E-state index contributed by atoms with van der Waals surface area (Å²) < 4.78 is 4.60. The van der Waals surface area contributed by atoms with Gasteiger partial charge in [0, 0.05) is 41.1 Å². The summed E-state index contributed by atoms with van der Waals surface area (Å²) in [5.41, 5.74) is 1.77. The number of hydrogen-bond acceptors (Lipinski definition) is 7. The molecule has 0 radical (unpaired) electrons. The van der Waals surface area contributed by atoms with Crippen molar-refractivity contribution in [1.29, 1.82) is 0 Å². The van der Waals surface area contributed by atoms with Gasteiger partial charge in [-0.25, -0.2) is 0 Å². The van der Waals surface area contributed by atoms with Crippen LogP contribution in [0.1, 0.15) is 27.2 Å². The molecule has 212 valence electrons. The summed E-state index contributed by atoms with van der Waals surface area (Å²) in [6.45, 7) is 15.2. The van der Waals surface area contributed by atoms with Crippen LogP contribution in [0.15, 0.2) is 49.6 Å². The van der Waals surface area contributed by atoms with E-state index in [0.29, 0.717) is 12.1 Å². The number of likely N-dealkylation sites (tertiary alicyclic amines) is 1. The minimum atomic E-state index is -0.855. The fourth-order valence-corrected chi connectivity index (χ4v) is 10.0. The number of esters is 1. The summed E-state index contributed by atoms with van der Waals surface area (Å²) in [4.78, 5) is 47.2. The molecule has 7 atom stereocenters. The van der Waals surface area contributed by atoms with Crippen molar-refractivity contribution < 1.29 is 24.2 Å². The van der Waals surface area contributed by atoms with Gasteiger partial charge in [0.05, 0.1) is 29.2 Å². The zero-order valence-electron chi connectivity index (χ0n) is 22.8. The number of halogens is 1. The second-order valence-electron chi connectivity index (χ2n) is 10.3. The lowest BCUT2D eigenvalue weighted by atomic mass is 9.71. The third-order valence-corrected chi connectivity index (χ3v) is 11.4. The van der Waals surface area contributed by atoms with Crippen LogP contribution in [0.2, 0.25) is 0 Å². The zero-order valence-corrected chi connectivity index (χ0v) is 25.2. The highest BCUT2D eigenvalue weighted by Gasteiger charge is 2.76. The van der Waals surface area contributed by atoms with Crippen molar-refractivity contribution >= 4 is 56.9 Å². The Balaban J connectivity index is 1.76. The van der Waals surface area contributed by atoms with Gasteiger partial charge in [0.15, 0.2) is 0 Å². The van der Waals surface area contributed by atoms with E-state index >= 15 is 0 Å². The monoisotopic (exact) mass is 619 g/mol. The van der Waals surface area contributed by atoms with Gasteiger partial charge in [-0.3, -0.25) is 14.4 Å². The molecule has 10 heteroatoms. The molecule has 1 N–H and O–H groups in total. The number of carbonyl (C=O) groups is 3. The van der Waals surface area contributed by atoms with Crippen LogP contribution in [0, 0.1) is 11.8 Å². The molecule has 1 aromatic rings. The van der Waals surface area contributed by atoms with Crippen LogP contribution in [-0.4, -0.2) is 87.5 Å². The zero-order chi connectivity index (χ0) is 28.5. The maximum absolute atomic E-state index is 14.6. The van der Waals surface area contributed by atoms with Crippen LogP contribution in [0.4, 0.5) is 11.4 Å². The lowest BCUT2D eigenvalue weighted by Gasteiger charge is -2.39. The number of aliphatic hydroxyl groups is 1. The molecule has 2 amide bonds. The largest absolute Gasteiger partial charge is 0.461 e. The molecule has 39 heavy (non-hydrogen) atoms. The molecule has 3 unspecified atom stereocenters. The lowest BCUT2D eigenvalue weighted by Crippen LogP contribution is -2.57. The van der Waals surface area contributed by atoms with Gasteiger partial charge in [-0.15, -0.1) is 18.3 Å². The molecule has 2 bridgehead atoms. The molecule has 3 saturated heterocycles. The maximum atomic E-state index is 14.6. The third kappa shape index (κ3) is 4.93. The first-order chi connectivity index (χ1) is 18.7. The van der Waals surface area contributed by atoms with E-state index < -0.39 is 34.6 Å². The van der Waals surface area contributed by atoms with Crippen molar-refractivity contribution in [3.8, 4) is 0 Å². The van der Waals surface area contributed by atoms with Crippen molar-refractivity contribution in [3.05, 3.63) is 49.6 Å². The number of nitrogens with zero attached hydrogens (tertiary/aromatic N) is 3. The Labute approximate surface area is 243 Å². The Morgan fingerprint density at radius 1 is 1.23 bits per heavy atom. The van der Waals surface area contributed by atoms with Gasteiger partial charge in [-0.2, -0.15) is 0 Å². The number of fused-ring (bicyclic) bond motifs is 1. The van der Waals surface area contributed by atoms with Crippen LogP contribution in [-0.2, 0) is 19.1 Å². The number of thioether (sulfide) groups is 1. The molecule has 1 spiro atoms. The second-order valence-corrected chi connectivity index (χ2v) is 13.0. The van der Waals surface area contributed by atoms with Crippen LogP contribution in [0.5, 0.6) is 0 Å². The molecule has 0 aliphatic carbocycles. The van der Waals surface area contributed by atoms with Crippen LogP contribution >= 0.6 is 27.7 Å². The summed E-state index contributed by atoms with van der Waals surface area (Å²) in [5, 5.41) is 9.92. The highest BCUT2D eigenvalue weighted by molar-refractivity contribution is 9.09. The standard InChI is InChI=1S/C29H38BrN3O5S/c1-6-14-32(20-12-10-19(11-13-20)31(8-3)9-4)27(36)25-29-16-21(30)24(39-29)22(28(37)38-15-7-2)23(29)26(35)33(25)18(5)17-34/h6-7,10-13,18,21-25,34H,1-2,8-9,14-17H2,3-5H3/t18-,21?,22+,23+,24+,25?,29?/m1/s1. The van der Waals surface area contributed by atoms with Crippen molar-refractivity contribution in [2.75, 3.05) is 42.6 Å². The number of carbonyl (C=O) groups excluding carboxylic acids is 3. The number of rotatable bonds is 12. The molecule has 3 heterocycles. The Kier molecular flexibility index (Phi) is 9.18. The van der Waals surface area contributed by atoms with E-state index in [2.05, 4.69) is 47.8 Å². The molecular formula is C29H38BrN3O5S. The van der Waals surface area contributed by atoms with E-state index in [9.17, 15) is 19.5 Å². The minimum absolute atomic E-state index is 0.0588. The number of aliphatic hydroxyl groups excluding tert-OH is 1. The molecule has 0 saturated carbocycles. The molecule has 8 nitrogen and oxygen atoms in total. The minimum Gasteiger partial charge on any atom is -0.461 e. The van der Waals surface area contributed by atoms with Crippen molar-refractivity contribution in [2.45, 2.75) is 54.1 Å². The van der Waals surface area contributed by atoms with Gasteiger partial charge >= 0.3 is 5.97 Å². The van der Waals surface area contributed by atoms with Crippen molar-refractivity contribution in [1.82, 2.24) is 4.90 Å². The molecule has 0 aromatic heterocycles. The van der Waals surface area contributed by atoms with E-state index in [1.807, 2.05) is 24.3 Å². The predicted octanol–water partition coefficient (Wildman–Crippen LogP) is 3.63. The Morgan fingerprint density at radius 3 is 2.44 bits per heavy atom. The van der Waals surface area contributed by atoms with Crippen LogP contribution in [0.3, 0.4) is 0 Å². The third-order valence-electron chi connectivity index (χ3n) is 8.18. The summed E-state index contributed by atoms with van der Waals surface area (Å²) in [5.74, 6) is -2.36. The molecule has 4 rings (SSSR count). The molecule has 3 aliphatic heterocycles. The number of hydrogen-bond donors (Lipinski definition) is 1. The summed E-state index contributed by atoms with van der Waals surface area (Å²) in [7, 11) is 0. The van der Waals surface area contributed by atoms with E-state index in [-0.39, 0.29) is 41.6 Å². The van der Waals surface area contributed by atoms with Crippen molar-refractivity contribution in [3.63, 3.8) is 0 Å². The average Bonchev–Trinajstić information content (AvgIpc) is 3.54. The van der Waals surface area contributed by atoms with Gasteiger partial charge in [0.1, 0.15) is 12.6 Å². The number of amides is 2. The molecule has 1 aromatic carbocycles. The summed E-state index contributed by atoms with van der Waals surface area (Å²) >= 11 is 5.29. The lowest BCUT2D eigenvalue weighted by molar-refractivity contribution is -0.153. The van der Waals surface area contributed by atoms with Gasteiger partial charge < -0.3 is 24.5 Å². The average molecular weight is 621 g/mol. The first-order valence-electron chi connectivity index (χ1n) is 13.5. The Hall–Kier alpha value is -2.30. The maximum Gasteiger partial charge on any atom is 0.311 e. The van der Waals surface area contributed by atoms with E-state index in [4.69, 9.17) is 4.74 Å². The van der Waals surface area contributed by atoms with Gasteiger partial charge in [-0.1, -0.05) is 34.7 Å². The number of benzene rings is 1. The topological polar surface area (TPSA) is 90.4 Å². The van der Waals surface area contributed by atoms with Crippen LogP contribution in [0.25, 0.3) is 0 Å². The number of ether oxygens (including phenoxy) is 1. The highest BCUT2D eigenvalue weighted by atomic mass is 79.9. The van der Waals surface area contributed by atoms with Crippen LogP contribution < -0.4 is 9.80 Å². The second kappa shape index (κ2) is 12.1. The van der Waals surface area contributed by atoms with Crippen molar-refractivity contribution in [2.24, 2.45) is 11.8 Å². The fourth-order valence-electron chi connectivity index (χ4n) is 6.45. The summed E-state index contributed by atoms with van der Waals surface area (Å²) in [6.07, 6.45) is 3.73. The first kappa shape index (κ1) is 29.7. The Morgan fingerprint density at radius 2 is 1.87 bits per heavy atom. The Bertz CT molecular complexity index is 1110. The SMILES string of the molecule is C=CCOC(=O)[C@H]1[C@H]2C(=O)N([C@H](C)CO)C(C(=O)N(CC=C)c3ccc(N(CC)CC)cc3)C23CC(Br)[C@@H]1S3. The van der Waals surface area contributed by atoms with E-state index in [0.717, 1.165) is 18.8 Å². The molecule has 3 fully saturated rings. The normalized spacial score (nSPS) is 29.6. The summed E-state index contributed by atoms with van der Waals surface area (Å²) in [6, 6.07) is 6.38. The fraction of sp³-hybridized carbons (Fsp3) is 0.552. The van der Waals surface area contributed by atoms with Gasteiger partial charge in [0.2, 0.25) is 5.91 Å².